The highest BCUT2D eigenvalue weighted by Gasteiger charge is 2.25. The molecule has 154 valence electrons. The zero-order valence-corrected chi connectivity index (χ0v) is 16.6. The number of hydrogen-bond donors (Lipinski definition) is 0. The van der Waals surface area contributed by atoms with E-state index in [-0.39, 0.29) is 17.3 Å². The minimum Gasteiger partial charge on any atom is -0.488 e. The maximum Gasteiger partial charge on any atom is 0.363 e. The maximum atomic E-state index is 12.3. The van der Waals surface area contributed by atoms with Crippen molar-refractivity contribution in [1.82, 2.24) is 0 Å². The molecular weight excluding hydrogens is 396 g/mol. The van der Waals surface area contributed by atoms with Crippen molar-refractivity contribution in [2.45, 2.75) is 13.5 Å². The van der Waals surface area contributed by atoms with Crippen LogP contribution < -0.4 is 4.74 Å². The molecule has 7 heteroatoms. The van der Waals surface area contributed by atoms with Gasteiger partial charge in [0.1, 0.15) is 12.4 Å². The van der Waals surface area contributed by atoms with Gasteiger partial charge in [0.2, 0.25) is 5.90 Å². The lowest BCUT2D eigenvalue weighted by atomic mass is 10.1. The van der Waals surface area contributed by atoms with Crippen LogP contribution in [0.3, 0.4) is 0 Å². The van der Waals surface area contributed by atoms with Gasteiger partial charge in [-0.3, -0.25) is 10.1 Å². The van der Waals surface area contributed by atoms with Crippen LogP contribution in [0.2, 0.25) is 0 Å². The van der Waals surface area contributed by atoms with Crippen molar-refractivity contribution in [3.05, 3.63) is 111 Å². The molecule has 1 aliphatic heterocycles. The number of para-hydroxylation sites is 1. The van der Waals surface area contributed by atoms with Crippen molar-refractivity contribution in [1.29, 1.82) is 0 Å². The average molecular weight is 414 g/mol. The molecule has 0 aromatic heterocycles. The topological polar surface area (TPSA) is 91.0 Å². The average Bonchev–Trinajstić information content (AvgIpc) is 3.13. The fraction of sp³-hybridized carbons (Fsp3) is 0.0833. The Kier molecular flexibility index (Phi) is 5.57. The van der Waals surface area contributed by atoms with Crippen molar-refractivity contribution in [3.8, 4) is 5.75 Å². The third kappa shape index (κ3) is 4.67. The third-order valence-electron chi connectivity index (χ3n) is 4.61. The highest BCUT2D eigenvalue weighted by atomic mass is 16.6. The molecule has 0 unspecified atom stereocenters. The summed E-state index contributed by atoms with van der Waals surface area (Å²) >= 11 is 0. The van der Waals surface area contributed by atoms with E-state index in [1.165, 1.54) is 18.2 Å². The maximum absolute atomic E-state index is 12.3. The number of carbonyl (C=O) groups is 1. The molecule has 0 aliphatic carbocycles. The summed E-state index contributed by atoms with van der Waals surface area (Å²) in [4.78, 5) is 27.0. The van der Waals surface area contributed by atoms with Crippen LogP contribution in [0.4, 0.5) is 5.69 Å². The van der Waals surface area contributed by atoms with Crippen molar-refractivity contribution in [3.63, 3.8) is 0 Å². The number of nitrogens with zero attached hydrogens (tertiary/aromatic N) is 2. The first-order valence-electron chi connectivity index (χ1n) is 9.54. The van der Waals surface area contributed by atoms with Gasteiger partial charge in [-0.15, -0.1) is 0 Å². The first-order chi connectivity index (χ1) is 15.0. The number of benzene rings is 3. The van der Waals surface area contributed by atoms with Crippen molar-refractivity contribution >= 4 is 23.6 Å². The number of aryl methyl sites for hydroxylation is 1. The summed E-state index contributed by atoms with van der Waals surface area (Å²) in [5, 5.41) is 11.0. The van der Waals surface area contributed by atoms with Gasteiger partial charge in [0, 0.05) is 23.3 Å². The van der Waals surface area contributed by atoms with Crippen LogP contribution in [0.5, 0.6) is 5.75 Å². The highest BCUT2D eigenvalue weighted by molar-refractivity contribution is 6.13. The molecule has 3 aromatic rings. The largest absolute Gasteiger partial charge is 0.488 e. The fourth-order valence-electron chi connectivity index (χ4n) is 3.13. The SMILES string of the molecule is Cc1cccc(COc2ccccc2/C=C2\N=C(c3cccc([N+](=O)[O-])c3)OC2=O)c1. The first-order valence-corrected chi connectivity index (χ1v) is 9.54. The summed E-state index contributed by atoms with van der Waals surface area (Å²) in [6, 6.07) is 21.1. The second kappa shape index (κ2) is 8.62. The Morgan fingerprint density at radius 3 is 2.68 bits per heavy atom. The van der Waals surface area contributed by atoms with Crippen molar-refractivity contribution in [2.75, 3.05) is 0 Å². The zero-order valence-electron chi connectivity index (χ0n) is 16.6. The molecule has 7 nitrogen and oxygen atoms in total. The monoisotopic (exact) mass is 414 g/mol. The Labute approximate surface area is 178 Å². The number of nitro groups is 1. The summed E-state index contributed by atoms with van der Waals surface area (Å²) in [7, 11) is 0. The molecule has 0 spiro atoms. The molecule has 1 heterocycles. The van der Waals surface area contributed by atoms with E-state index in [9.17, 15) is 14.9 Å². The molecule has 0 amide bonds. The Morgan fingerprint density at radius 2 is 1.87 bits per heavy atom. The Morgan fingerprint density at radius 1 is 1.06 bits per heavy atom. The van der Waals surface area contributed by atoms with Gasteiger partial charge in [0.25, 0.3) is 5.69 Å². The van der Waals surface area contributed by atoms with E-state index >= 15 is 0 Å². The predicted molar refractivity (Wildman–Crippen MR) is 116 cm³/mol. The first kappa shape index (κ1) is 20.0. The summed E-state index contributed by atoms with van der Waals surface area (Å²) in [6.07, 6.45) is 1.58. The number of non-ortho nitro benzene ring substituents is 1. The molecule has 3 aromatic carbocycles. The lowest BCUT2D eigenvalue weighted by Gasteiger charge is -2.09. The van der Waals surface area contributed by atoms with Gasteiger partial charge >= 0.3 is 5.97 Å². The van der Waals surface area contributed by atoms with Gasteiger partial charge in [-0.05, 0) is 30.7 Å². The number of nitro benzene ring substituents is 1. The second-order valence-electron chi connectivity index (χ2n) is 6.96. The number of carbonyl (C=O) groups excluding carboxylic acids is 1. The van der Waals surface area contributed by atoms with Gasteiger partial charge in [-0.2, -0.15) is 0 Å². The number of hydrogen-bond acceptors (Lipinski definition) is 6. The van der Waals surface area contributed by atoms with Gasteiger partial charge in [0.15, 0.2) is 5.70 Å². The summed E-state index contributed by atoms with van der Waals surface area (Å²) in [5.74, 6) is -0.00333. The lowest BCUT2D eigenvalue weighted by molar-refractivity contribution is -0.384. The van der Waals surface area contributed by atoms with Crippen LogP contribution in [-0.4, -0.2) is 16.8 Å². The quantitative estimate of drug-likeness (QED) is 0.249. The number of aliphatic imine (C=N–C) groups is 1. The molecule has 4 rings (SSSR count). The minimum atomic E-state index is -0.630. The van der Waals surface area contributed by atoms with E-state index in [0.29, 0.717) is 23.5 Å². The van der Waals surface area contributed by atoms with E-state index in [1.54, 1.807) is 12.1 Å². The number of cyclic esters (lactones) is 1. The van der Waals surface area contributed by atoms with Gasteiger partial charge in [0.05, 0.1) is 4.92 Å². The van der Waals surface area contributed by atoms with Crippen LogP contribution in [0.25, 0.3) is 6.08 Å². The van der Waals surface area contributed by atoms with Crippen molar-refractivity contribution < 1.29 is 19.2 Å². The lowest BCUT2D eigenvalue weighted by Crippen LogP contribution is -2.05. The fourth-order valence-corrected chi connectivity index (χ4v) is 3.13. The predicted octanol–water partition coefficient (Wildman–Crippen LogP) is 4.83. The molecular formula is C24H18N2O5. The third-order valence-corrected chi connectivity index (χ3v) is 4.61. The van der Waals surface area contributed by atoms with Crippen LogP contribution >= 0.6 is 0 Å². The molecule has 0 radical (unpaired) electrons. The second-order valence-corrected chi connectivity index (χ2v) is 6.96. The molecule has 0 bridgehead atoms. The van der Waals surface area contributed by atoms with Crippen LogP contribution in [0.1, 0.15) is 22.3 Å². The highest BCUT2D eigenvalue weighted by Crippen LogP contribution is 2.26. The van der Waals surface area contributed by atoms with E-state index in [2.05, 4.69) is 4.99 Å². The summed E-state index contributed by atoms with van der Waals surface area (Å²) < 4.78 is 11.2. The number of ether oxygens (including phenoxy) is 2. The molecule has 0 saturated carbocycles. The summed E-state index contributed by atoms with van der Waals surface area (Å²) in [6.45, 7) is 2.40. The van der Waals surface area contributed by atoms with Gasteiger partial charge < -0.3 is 9.47 Å². The Balaban J connectivity index is 1.59. The van der Waals surface area contributed by atoms with E-state index in [4.69, 9.17) is 9.47 Å². The van der Waals surface area contributed by atoms with Crippen LogP contribution in [-0.2, 0) is 16.1 Å². The molecule has 1 aliphatic rings. The van der Waals surface area contributed by atoms with Crippen molar-refractivity contribution in [2.24, 2.45) is 4.99 Å². The smallest absolute Gasteiger partial charge is 0.363 e. The molecule has 0 saturated heterocycles. The Bertz CT molecular complexity index is 1230. The normalized spacial score (nSPS) is 14.3. The summed E-state index contributed by atoms with van der Waals surface area (Å²) in [5.41, 5.74) is 3.19. The van der Waals surface area contributed by atoms with Gasteiger partial charge in [-0.1, -0.05) is 54.1 Å². The molecule has 0 fully saturated rings. The van der Waals surface area contributed by atoms with Gasteiger partial charge in [-0.25, -0.2) is 9.79 Å². The number of esters is 1. The molecule has 31 heavy (non-hydrogen) atoms. The molecule has 0 atom stereocenters. The zero-order chi connectivity index (χ0) is 21.8. The minimum absolute atomic E-state index is 0.0260. The standard InChI is InChI=1S/C24H18N2O5/c1-16-6-4-7-17(12-16)15-30-22-11-3-2-8-18(22)14-21-24(27)31-23(25-21)19-9-5-10-20(13-19)26(28)29/h2-14H,15H2,1H3/b21-14-. The van der Waals surface area contributed by atoms with E-state index < -0.39 is 10.9 Å². The van der Waals surface area contributed by atoms with E-state index in [0.717, 1.165) is 11.1 Å². The van der Waals surface area contributed by atoms with E-state index in [1.807, 2.05) is 55.5 Å². The van der Waals surface area contributed by atoms with Crippen LogP contribution in [0, 0.1) is 17.0 Å². The van der Waals surface area contributed by atoms with Crippen LogP contribution in [0.15, 0.2) is 83.5 Å². The number of rotatable bonds is 6. The Hall–Kier alpha value is -4.26. The molecule has 0 N–H and O–H groups in total.